The monoisotopic (exact) mass is 276 g/mol. The Morgan fingerprint density at radius 2 is 2.35 bits per heavy atom. The lowest BCUT2D eigenvalue weighted by molar-refractivity contribution is -0.380. The molecule has 0 aliphatic rings. The number of aliphatic hydroxyl groups excluding tert-OH is 1. The molecule has 1 heterocycles. The Labute approximate surface area is 108 Å². The molecule has 5 nitrogen and oxygen atoms in total. The fraction of sp³-hybridized carbons (Fsp3) is 0.600. The molecule has 0 aliphatic heterocycles. The lowest BCUT2D eigenvalue weighted by Crippen LogP contribution is -2.36. The summed E-state index contributed by atoms with van der Waals surface area (Å²) >= 11 is 2.78. The predicted octanol–water partition coefficient (Wildman–Crippen LogP) is 1.86. The van der Waals surface area contributed by atoms with Gasteiger partial charge >= 0.3 is 5.00 Å². The molecule has 2 unspecified atom stereocenters. The first-order chi connectivity index (χ1) is 8.08. The van der Waals surface area contributed by atoms with Gasteiger partial charge in [0.05, 0.1) is 11.5 Å². The summed E-state index contributed by atoms with van der Waals surface area (Å²) in [6.45, 7) is 2.72. The van der Waals surface area contributed by atoms with Crippen LogP contribution in [0.2, 0.25) is 0 Å². The molecule has 0 aromatic carbocycles. The van der Waals surface area contributed by atoms with Crippen molar-refractivity contribution >= 4 is 28.1 Å². The minimum atomic E-state index is -0.379. The third kappa shape index (κ3) is 4.27. The largest absolute Gasteiger partial charge is 0.395 e. The van der Waals surface area contributed by atoms with Gasteiger partial charge in [0.2, 0.25) is 0 Å². The summed E-state index contributed by atoms with van der Waals surface area (Å²) in [5, 5.41) is 23.2. The first-order valence-corrected chi connectivity index (χ1v) is 7.29. The molecule has 1 aromatic heterocycles. The average molecular weight is 276 g/mol. The topological polar surface area (TPSA) is 75.4 Å². The molecule has 2 atom stereocenters. The molecule has 0 saturated carbocycles. The van der Waals surface area contributed by atoms with Gasteiger partial charge < -0.3 is 10.4 Å². The standard InChI is InChI=1S/C10H16N2O3S2/c1-7(9(6-13)16-2)11-5-8-3-4-10(17-8)12(14)15/h3-4,7,9,11,13H,5-6H2,1-2H3. The van der Waals surface area contributed by atoms with Gasteiger partial charge in [0.1, 0.15) is 0 Å². The lowest BCUT2D eigenvalue weighted by atomic mass is 10.2. The fourth-order valence-electron chi connectivity index (χ4n) is 1.39. The molecular formula is C10H16N2O3S2. The number of rotatable bonds is 7. The summed E-state index contributed by atoms with van der Waals surface area (Å²) < 4.78 is 0. The van der Waals surface area contributed by atoms with Gasteiger partial charge in [0, 0.05) is 28.8 Å². The Kier molecular flexibility index (Phi) is 5.90. The van der Waals surface area contributed by atoms with Crippen LogP contribution in [0.1, 0.15) is 11.8 Å². The van der Waals surface area contributed by atoms with Crippen molar-refractivity contribution in [2.24, 2.45) is 0 Å². The van der Waals surface area contributed by atoms with E-state index in [2.05, 4.69) is 5.32 Å². The van der Waals surface area contributed by atoms with Crippen molar-refractivity contribution in [3.8, 4) is 0 Å². The molecule has 0 spiro atoms. The van der Waals surface area contributed by atoms with E-state index < -0.39 is 0 Å². The lowest BCUT2D eigenvalue weighted by Gasteiger charge is -2.20. The van der Waals surface area contributed by atoms with Crippen LogP contribution in [0.3, 0.4) is 0 Å². The highest BCUT2D eigenvalue weighted by Crippen LogP contribution is 2.24. The zero-order valence-corrected chi connectivity index (χ0v) is 11.4. The van der Waals surface area contributed by atoms with Crippen molar-refractivity contribution in [3.05, 3.63) is 27.1 Å². The molecule has 1 rings (SSSR count). The van der Waals surface area contributed by atoms with E-state index in [1.807, 2.05) is 13.2 Å². The second-order valence-corrected chi connectivity index (χ2v) is 5.85. The Hall–Kier alpha value is -0.630. The van der Waals surface area contributed by atoms with Gasteiger partial charge in [-0.3, -0.25) is 10.1 Å². The maximum absolute atomic E-state index is 10.5. The van der Waals surface area contributed by atoms with Gasteiger partial charge in [-0.2, -0.15) is 11.8 Å². The van der Waals surface area contributed by atoms with Crippen LogP contribution in [0.25, 0.3) is 0 Å². The maximum Gasteiger partial charge on any atom is 0.324 e. The van der Waals surface area contributed by atoms with Crippen LogP contribution < -0.4 is 5.32 Å². The average Bonchev–Trinajstić information content (AvgIpc) is 2.76. The Morgan fingerprint density at radius 1 is 1.65 bits per heavy atom. The van der Waals surface area contributed by atoms with E-state index in [1.165, 1.54) is 17.4 Å². The summed E-state index contributed by atoms with van der Waals surface area (Å²) in [5.41, 5.74) is 0. The first-order valence-electron chi connectivity index (χ1n) is 5.18. The summed E-state index contributed by atoms with van der Waals surface area (Å²) in [6.07, 6.45) is 1.95. The molecule has 0 fully saturated rings. The molecule has 0 aliphatic carbocycles. The molecule has 0 saturated heterocycles. The number of nitro groups is 1. The zero-order valence-electron chi connectivity index (χ0n) is 9.75. The van der Waals surface area contributed by atoms with Crippen molar-refractivity contribution < 1.29 is 10.0 Å². The van der Waals surface area contributed by atoms with E-state index in [-0.39, 0.29) is 27.8 Å². The predicted molar refractivity (Wildman–Crippen MR) is 71.7 cm³/mol. The van der Waals surface area contributed by atoms with Crippen molar-refractivity contribution in [1.29, 1.82) is 0 Å². The van der Waals surface area contributed by atoms with Gasteiger partial charge in [-0.25, -0.2) is 0 Å². The summed E-state index contributed by atoms with van der Waals surface area (Å²) in [4.78, 5) is 11.1. The number of nitrogens with one attached hydrogen (secondary N) is 1. The summed E-state index contributed by atoms with van der Waals surface area (Å²) in [7, 11) is 0. The van der Waals surface area contributed by atoms with Gasteiger partial charge in [-0.15, -0.1) is 0 Å². The highest BCUT2D eigenvalue weighted by Gasteiger charge is 2.15. The maximum atomic E-state index is 10.5. The fourth-order valence-corrected chi connectivity index (χ4v) is 2.81. The molecule has 96 valence electrons. The first kappa shape index (κ1) is 14.4. The quantitative estimate of drug-likeness (QED) is 0.587. The number of nitrogens with zero attached hydrogens (tertiary/aromatic N) is 1. The van der Waals surface area contributed by atoms with E-state index in [0.29, 0.717) is 6.54 Å². The van der Waals surface area contributed by atoms with Crippen molar-refractivity contribution in [2.75, 3.05) is 12.9 Å². The second kappa shape index (κ2) is 6.95. The Bertz CT molecular complexity index is 366. The van der Waals surface area contributed by atoms with Crippen LogP contribution in [0, 0.1) is 10.1 Å². The molecule has 17 heavy (non-hydrogen) atoms. The third-order valence-electron chi connectivity index (χ3n) is 2.47. The van der Waals surface area contributed by atoms with Gasteiger partial charge in [0.15, 0.2) is 0 Å². The smallest absolute Gasteiger partial charge is 0.324 e. The normalized spacial score (nSPS) is 14.5. The van der Waals surface area contributed by atoms with Crippen LogP contribution >= 0.6 is 23.1 Å². The molecule has 2 N–H and O–H groups in total. The number of hydrogen-bond acceptors (Lipinski definition) is 6. The highest BCUT2D eigenvalue weighted by atomic mass is 32.2. The van der Waals surface area contributed by atoms with E-state index >= 15 is 0 Å². The molecule has 7 heteroatoms. The molecule has 0 amide bonds. The van der Waals surface area contributed by atoms with E-state index in [1.54, 1.807) is 17.8 Å². The van der Waals surface area contributed by atoms with Crippen LogP contribution in [-0.4, -0.2) is 34.2 Å². The Morgan fingerprint density at radius 3 is 2.82 bits per heavy atom. The zero-order chi connectivity index (χ0) is 12.8. The Balaban J connectivity index is 2.46. The van der Waals surface area contributed by atoms with Crippen molar-refractivity contribution in [3.63, 3.8) is 0 Å². The van der Waals surface area contributed by atoms with Gasteiger partial charge in [0.25, 0.3) is 0 Å². The van der Waals surface area contributed by atoms with Crippen LogP contribution in [0.4, 0.5) is 5.00 Å². The molecule has 0 bridgehead atoms. The minimum absolute atomic E-state index is 0.125. The van der Waals surface area contributed by atoms with Gasteiger partial charge in [-0.05, 0) is 19.2 Å². The third-order valence-corrected chi connectivity index (χ3v) is 4.67. The SMILES string of the molecule is CSC(CO)C(C)NCc1ccc([N+](=O)[O-])s1. The van der Waals surface area contributed by atoms with E-state index in [9.17, 15) is 10.1 Å². The molecule has 1 aromatic rings. The number of thioether (sulfide) groups is 1. The van der Waals surface area contributed by atoms with Gasteiger partial charge in [-0.1, -0.05) is 11.3 Å². The van der Waals surface area contributed by atoms with Crippen molar-refractivity contribution in [2.45, 2.75) is 24.8 Å². The highest BCUT2D eigenvalue weighted by molar-refractivity contribution is 7.99. The molecule has 0 radical (unpaired) electrons. The van der Waals surface area contributed by atoms with Crippen molar-refractivity contribution in [1.82, 2.24) is 5.32 Å². The van der Waals surface area contributed by atoms with Crippen LogP contribution in [0.15, 0.2) is 12.1 Å². The van der Waals surface area contributed by atoms with E-state index in [4.69, 9.17) is 5.11 Å². The summed E-state index contributed by atoms with van der Waals surface area (Å²) in [6, 6.07) is 3.44. The number of aliphatic hydroxyl groups is 1. The molecular weight excluding hydrogens is 260 g/mol. The summed E-state index contributed by atoms with van der Waals surface area (Å²) in [5.74, 6) is 0. The number of hydrogen-bond donors (Lipinski definition) is 2. The second-order valence-electron chi connectivity index (χ2n) is 3.62. The number of thiophene rings is 1. The van der Waals surface area contributed by atoms with Crippen LogP contribution in [0.5, 0.6) is 0 Å². The van der Waals surface area contributed by atoms with Crippen LogP contribution in [-0.2, 0) is 6.54 Å². The minimum Gasteiger partial charge on any atom is -0.395 e. The van der Waals surface area contributed by atoms with E-state index in [0.717, 1.165) is 4.88 Å².